The van der Waals surface area contributed by atoms with Crippen LogP contribution < -0.4 is 4.74 Å². The van der Waals surface area contributed by atoms with Gasteiger partial charge in [0.25, 0.3) is 0 Å². The number of ether oxygens (including phenoxy) is 1. The second-order valence-corrected chi connectivity index (χ2v) is 9.07. The van der Waals surface area contributed by atoms with Gasteiger partial charge in [-0.1, -0.05) is 19.1 Å². The molecule has 3 aromatic rings. The predicted molar refractivity (Wildman–Crippen MR) is 118 cm³/mol. The minimum atomic E-state index is -4.34. The molecule has 3 nitrogen and oxygen atoms in total. The maximum absolute atomic E-state index is 12.8. The number of carboxylic acids is 1. The lowest BCUT2D eigenvalue weighted by Gasteiger charge is -2.09. The molecular formula is C23H21F3O3S2. The lowest BCUT2D eigenvalue weighted by molar-refractivity contribution is -0.139. The smallest absolute Gasteiger partial charge is 0.416 e. The van der Waals surface area contributed by atoms with Crippen molar-refractivity contribution in [3.05, 3.63) is 70.1 Å². The summed E-state index contributed by atoms with van der Waals surface area (Å²) in [6.45, 7) is 3.55. The Labute approximate surface area is 186 Å². The first kappa shape index (κ1) is 23.2. The molecule has 0 bridgehead atoms. The van der Waals surface area contributed by atoms with Gasteiger partial charge >= 0.3 is 12.1 Å². The van der Waals surface area contributed by atoms with Gasteiger partial charge in [-0.25, -0.2) is 4.79 Å². The van der Waals surface area contributed by atoms with Crippen LogP contribution in [0.2, 0.25) is 0 Å². The summed E-state index contributed by atoms with van der Waals surface area (Å²) in [6, 6.07) is 12.9. The molecule has 31 heavy (non-hydrogen) atoms. The number of carbonyl (C=O) groups is 1. The molecule has 0 unspecified atom stereocenters. The summed E-state index contributed by atoms with van der Waals surface area (Å²) < 4.78 is 43.7. The maximum atomic E-state index is 12.8. The summed E-state index contributed by atoms with van der Waals surface area (Å²) in [5.74, 6) is 0.261. The van der Waals surface area contributed by atoms with Crippen molar-refractivity contribution in [3.63, 3.8) is 0 Å². The molecular weight excluding hydrogens is 445 g/mol. The van der Waals surface area contributed by atoms with Gasteiger partial charge < -0.3 is 9.84 Å². The van der Waals surface area contributed by atoms with E-state index < -0.39 is 17.7 Å². The van der Waals surface area contributed by atoms with E-state index in [-0.39, 0.29) is 6.61 Å². The average molecular weight is 467 g/mol. The molecule has 164 valence electrons. The molecule has 0 aliphatic rings. The Morgan fingerprint density at radius 2 is 1.84 bits per heavy atom. The van der Waals surface area contributed by atoms with Gasteiger partial charge in [-0.05, 0) is 66.4 Å². The Balaban J connectivity index is 1.72. The zero-order chi connectivity index (χ0) is 22.6. The molecule has 2 aromatic carbocycles. The van der Waals surface area contributed by atoms with Crippen molar-refractivity contribution in [3.8, 4) is 16.2 Å². The Morgan fingerprint density at radius 3 is 2.42 bits per heavy atom. The highest BCUT2D eigenvalue weighted by Gasteiger charge is 2.30. The van der Waals surface area contributed by atoms with Gasteiger partial charge in [0.15, 0.2) is 6.61 Å². The van der Waals surface area contributed by atoms with Gasteiger partial charge in [0.1, 0.15) is 5.75 Å². The third-order valence-corrected chi connectivity index (χ3v) is 7.07. The van der Waals surface area contributed by atoms with Crippen LogP contribution in [0.25, 0.3) is 10.4 Å². The Morgan fingerprint density at radius 1 is 1.13 bits per heavy atom. The fourth-order valence-corrected chi connectivity index (χ4v) is 5.39. The molecule has 0 aliphatic heterocycles. The van der Waals surface area contributed by atoms with E-state index in [4.69, 9.17) is 9.84 Å². The van der Waals surface area contributed by atoms with E-state index in [0.717, 1.165) is 45.2 Å². The fourth-order valence-electron chi connectivity index (χ4n) is 3.02. The first-order chi connectivity index (χ1) is 14.7. The molecule has 3 rings (SSSR count). The molecule has 0 saturated carbocycles. The second kappa shape index (κ2) is 9.78. The van der Waals surface area contributed by atoms with Crippen LogP contribution in [-0.4, -0.2) is 17.7 Å². The van der Waals surface area contributed by atoms with Crippen molar-refractivity contribution >= 4 is 29.1 Å². The largest absolute Gasteiger partial charge is 0.482 e. The summed E-state index contributed by atoms with van der Waals surface area (Å²) >= 11 is 3.25. The number of hydrogen-bond donors (Lipinski definition) is 1. The molecule has 0 spiro atoms. The normalized spacial score (nSPS) is 11.5. The molecule has 0 saturated heterocycles. The van der Waals surface area contributed by atoms with Crippen LogP contribution in [0.5, 0.6) is 5.75 Å². The zero-order valence-corrected chi connectivity index (χ0v) is 18.6. The number of thioether (sulfide) groups is 1. The van der Waals surface area contributed by atoms with Gasteiger partial charge in [0, 0.05) is 20.4 Å². The zero-order valence-electron chi connectivity index (χ0n) is 17.0. The standard InChI is InChI=1S/C23H21F3O3S2/c1-3-15-11-20(16-4-6-17(7-5-16)23(24,25)26)31-21(15)13-30-18-8-9-19(14(2)10-18)29-12-22(27)28/h4-11H,3,12-13H2,1-2H3,(H,27,28). The minimum absolute atomic E-state index is 0.380. The summed E-state index contributed by atoms with van der Waals surface area (Å²) in [5.41, 5.74) is 2.18. The van der Waals surface area contributed by atoms with Gasteiger partial charge in [-0.15, -0.1) is 23.1 Å². The van der Waals surface area contributed by atoms with E-state index in [1.807, 2.05) is 19.1 Å². The van der Waals surface area contributed by atoms with Crippen LogP contribution >= 0.6 is 23.1 Å². The fraction of sp³-hybridized carbons (Fsp3) is 0.261. The molecule has 1 heterocycles. The molecule has 8 heteroatoms. The van der Waals surface area contributed by atoms with Gasteiger partial charge in [-0.3, -0.25) is 0 Å². The van der Waals surface area contributed by atoms with E-state index >= 15 is 0 Å². The number of alkyl halides is 3. The summed E-state index contributed by atoms with van der Waals surface area (Å²) in [6.07, 6.45) is -3.50. The van der Waals surface area contributed by atoms with E-state index in [9.17, 15) is 18.0 Å². The quantitative estimate of drug-likeness (QED) is 0.361. The molecule has 0 aliphatic carbocycles. The van der Waals surface area contributed by atoms with Crippen molar-refractivity contribution in [1.82, 2.24) is 0 Å². The average Bonchev–Trinajstić information content (AvgIpc) is 3.14. The van der Waals surface area contributed by atoms with Gasteiger partial charge in [0.05, 0.1) is 5.56 Å². The van der Waals surface area contributed by atoms with Crippen LogP contribution in [0.3, 0.4) is 0 Å². The van der Waals surface area contributed by atoms with E-state index in [1.54, 1.807) is 29.2 Å². The number of rotatable bonds is 8. The number of aryl methyl sites for hydroxylation is 2. The number of benzene rings is 2. The third-order valence-electron chi connectivity index (χ3n) is 4.64. The maximum Gasteiger partial charge on any atom is 0.416 e. The van der Waals surface area contributed by atoms with Crippen LogP contribution in [0.1, 0.15) is 28.5 Å². The van der Waals surface area contributed by atoms with Gasteiger partial charge in [0.2, 0.25) is 0 Å². The number of hydrogen-bond acceptors (Lipinski definition) is 4. The first-order valence-electron chi connectivity index (χ1n) is 9.54. The lowest BCUT2D eigenvalue weighted by atomic mass is 10.1. The predicted octanol–water partition coefficient (Wildman–Crippen LogP) is 7.06. The Bertz CT molecular complexity index is 1060. The van der Waals surface area contributed by atoms with Crippen molar-refractivity contribution in [1.29, 1.82) is 0 Å². The van der Waals surface area contributed by atoms with Crippen molar-refractivity contribution in [2.24, 2.45) is 0 Å². The molecule has 0 radical (unpaired) electrons. The highest BCUT2D eigenvalue weighted by atomic mass is 32.2. The summed E-state index contributed by atoms with van der Waals surface area (Å²) in [5, 5.41) is 8.74. The molecule has 1 N–H and O–H groups in total. The number of carboxylic acid groups (broad SMARTS) is 1. The topological polar surface area (TPSA) is 46.5 Å². The minimum Gasteiger partial charge on any atom is -0.482 e. The van der Waals surface area contributed by atoms with Crippen molar-refractivity contribution in [2.45, 2.75) is 37.1 Å². The SMILES string of the molecule is CCc1cc(-c2ccc(C(F)(F)F)cc2)sc1CSc1ccc(OCC(=O)O)c(C)c1. The monoisotopic (exact) mass is 466 g/mol. The molecule has 0 atom stereocenters. The number of halogens is 3. The second-order valence-electron chi connectivity index (χ2n) is 6.89. The lowest BCUT2D eigenvalue weighted by Crippen LogP contribution is -2.09. The van der Waals surface area contributed by atoms with Crippen LogP contribution in [0.15, 0.2) is 53.4 Å². The number of aliphatic carboxylic acids is 1. The van der Waals surface area contributed by atoms with Crippen LogP contribution in [-0.2, 0) is 23.1 Å². The Kier molecular flexibility index (Phi) is 7.33. The Hall–Kier alpha value is -2.45. The summed E-state index contributed by atoms with van der Waals surface area (Å²) in [4.78, 5) is 13.8. The molecule has 1 aromatic heterocycles. The number of thiophene rings is 1. The van der Waals surface area contributed by atoms with E-state index in [1.165, 1.54) is 22.6 Å². The first-order valence-corrected chi connectivity index (χ1v) is 11.3. The molecule has 0 amide bonds. The summed E-state index contributed by atoms with van der Waals surface area (Å²) in [7, 11) is 0. The van der Waals surface area contributed by atoms with E-state index in [0.29, 0.717) is 5.75 Å². The van der Waals surface area contributed by atoms with Crippen molar-refractivity contribution in [2.75, 3.05) is 6.61 Å². The van der Waals surface area contributed by atoms with Crippen molar-refractivity contribution < 1.29 is 27.8 Å². The third kappa shape index (κ3) is 6.04. The highest BCUT2D eigenvalue weighted by molar-refractivity contribution is 7.98. The molecule has 0 fully saturated rings. The highest BCUT2D eigenvalue weighted by Crippen LogP contribution is 2.38. The van der Waals surface area contributed by atoms with Crippen LogP contribution in [0, 0.1) is 6.92 Å². The van der Waals surface area contributed by atoms with Gasteiger partial charge in [-0.2, -0.15) is 13.2 Å². The van der Waals surface area contributed by atoms with E-state index in [2.05, 4.69) is 13.0 Å². The van der Waals surface area contributed by atoms with Crippen LogP contribution in [0.4, 0.5) is 13.2 Å².